The van der Waals surface area contributed by atoms with E-state index >= 15 is 0 Å². The molecular weight excluding hydrogens is 228 g/mol. The van der Waals surface area contributed by atoms with Crippen LogP contribution in [-0.4, -0.2) is 44.1 Å². The third-order valence-corrected chi connectivity index (χ3v) is 2.62. The minimum atomic E-state index is -0.478. The molecule has 1 aromatic rings. The Kier molecular flexibility index (Phi) is 5.65. The number of benzene rings is 1. The van der Waals surface area contributed by atoms with Crippen molar-refractivity contribution in [2.75, 3.05) is 27.2 Å². The van der Waals surface area contributed by atoms with E-state index in [1.165, 1.54) is 0 Å². The van der Waals surface area contributed by atoms with Gasteiger partial charge in [0, 0.05) is 13.1 Å². The molecule has 0 unspecified atom stereocenters. The maximum atomic E-state index is 11.8. The van der Waals surface area contributed by atoms with Gasteiger partial charge in [0.25, 0.3) is 5.91 Å². The SMILES string of the molecule is Cc1ccccc1O[C@H](C)C(=O)NCCN(C)C. The number of nitrogens with one attached hydrogen (secondary N) is 1. The second-order valence-electron chi connectivity index (χ2n) is 4.62. The summed E-state index contributed by atoms with van der Waals surface area (Å²) in [7, 11) is 3.94. The smallest absolute Gasteiger partial charge is 0.260 e. The van der Waals surface area contributed by atoms with E-state index in [0.29, 0.717) is 6.54 Å². The number of amides is 1. The second-order valence-corrected chi connectivity index (χ2v) is 4.62. The quantitative estimate of drug-likeness (QED) is 0.830. The van der Waals surface area contributed by atoms with Gasteiger partial charge in [-0.05, 0) is 39.6 Å². The summed E-state index contributed by atoms with van der Waals surface area (Å²) in [5.41, 5.74) is 1.03. The number of rotatable bonds is 6. The molecule has 1 rings (SSSR count). The lowest BCUT2D eigenvalue weighted by Gasteiger charge is -2.17. The lowest BCUT2D eigenvalue weighted by Crippen LogP contribution is -2.39. The average Bonchev–Trinajstić information content (AvgIpc) is 2.31. The van der Waals surface area contributed by atoms with Crippen LogP contribution in [0.1, 0.15) is 12.5 Å². The second kappa shape index (κ2) is 7.01. The standard InChI is InChI=1S/C14H22N2O2/c1-11-7-5-6-8-13(11)18-12(2)14(17)15-9-10-16(3)4/h5-8,12H,9-10H2,1-4H3,(H,15,17)/t12-/m1/s1. The monoisotopic (exact) mass is 250 g/mol. The Morgan fingerprint density at radius 2 is 2.06 bits per heavy atom. The van der Waals surface area contributed by atoms with Crippen molar-refractivity contribution in [3.05, 3.63) is 29.8 Å². The third-order valence-electron chi connectivity index (χ3n) is 2.62. The van der Waals surface area contributed by atoms with E-state index in [2.05, 4.69) is 5.32 Å². The van der Waals surface area contributed by atoms with Crippen molar-refractivity contribution in [1.29, 1.82) is 0 Å². The van der Waals surface area contributed by atoms with Crippen molar-refractivity contribution in [2.45, 2.75) is 20.0 Å². The van der Waals surface area contributed by atoms with Crippen LogP contribution in [0, 0.1) is 6.92 Å². The first-order valence-corrected chi connectivity index (χ1v) is 6.15. The summed E-state index contributed by atoms with van der Waals surface area (Å²) in [6, 6.07) is 7.69. The molecule has 1 atom stereocenters. The van der Waals surface area contributed by atoms with Gasteiger partial charge in [-0.3, -0.25) is 4.79 Å². The van der Waals surface area contributed by atoms with Crippen LogP contribution in [0.3, 0.4) is 0 Å². The minimum absolute atomic E-state index is 0.0832. The molecule has 0 saturated heterocycles. The molecule has 4 nitrogen and oxygen atoms in total. The first kappa shape index (κ1) is 14.5. The van der Waals surface area contributed by atoms with Crippen LogP contribution < -0.4 is 10.1 Å². The fraction of sp³-hybridized carbons (Fsp3) is 0.500. The molecule has 0 heterocycles. The summed E-state index contributed by atoms with van der Waals surface area (Å²) in [5.74, 6) is 0.674. The Morgan fingerprint density at radius 1 is 1.39 bits per heavy atom. The largest absolute Gasteiger partial charge is 0.481 e. The van der Waals surface area contributed by atoms with Gasteiger partial charge in [0.2, 0.25) is 0 Å². The van der Waals surface area contributed by atoms with Crippen molar-refractivity contribution in [3.63, 3.8) is 0 Å². The van der Waals surface area contributed by atoms with Gasteiger partial charge in [-0.25, -0.2) is 0 Å². The fourth-order valence-electron chi connectivity index (χ4n) is 1.48. The van der Waals surface area contributed by atoms with Gasteiger partial charge in [-0.2, -0.15) is 0 Å². The molecule has 0 aliphatic heterocycles. The molecule has 0 saturated carbocycles. The van der Waals surface area contributed by atoms with Gasteiger partial charge in [-0.1, -0.05) is 18.2 Å². The Hall–Kier alpha value is -1.55. The molecule has 0 aliphatic carbocycles. The maximum absolute atomic E-state index is 11.8. The van der Waals surface area contributed by atoms with E-state index in [-0.39, 0.29) is 5.91 Å². The summed E-state index contributed by atoms with van der Waals surface area (Å²) >= 11 is 0. The van der Waals surface area contributed by atoms with Gasteiger partial charge in [-0.15, -0.1) is 0 Å². The molecule has 18 heavy (non-hydrogen) atoms. The Balaban J connectivity index is 2.43. The predicted octanol–water partition coefficient (Wildman–Crippen LogP) is 1.44. The topological polar surface area (TPSA) is 41.6 Å². The fourth-order valence-corrected chi connectivity index (χ4v) is 1.48. The lowest BCUT2D eigenvalue weighted by molar-refractivity contribution is -0.127. The van der Waals surface area contributed by atoms with Crippen LogP contribution in [-0.2, 0) is 4.79 Å². The first-order valence-electron chi connectivity index (χ1n) is 6.15. The first-order chi connectivity index (χ1) is 8.50. The molecule has 4 heteroatoms. The Labute approximate surface area is 109 Å². The van der Waals surface area contributed by atoms with Gasteiger partial charge >= 0.3 is 0 Å². The van der Waals surface area contributed by atoms with Crippen molar-refractivity contribution in [1.82, 2.24) is 10.2 Å². The molecule has 0 bridgehead atoms. The molecule has 0 aliphatic rings. The van der Waals surface area contributed by atoms with Crippen LogP contribution in [0.15, 0.2) is 24.3 Å². The summed E-state index contributed by atoms with van der Waals surface area (Å²) in [4.78, 5) is 13.8. The zero-order valence-corrected chi connectivity index (χ0v) is 11.6. The molecule has 0 radical (unpaired) electrons. The molecule has 0 fully saturated rings. The van der Waals surface area contributed by atoms with Crippen LogP contribution in [0.5, 0.6) is 5.75 Å². The zero-order chi connectivity index (χ0) is 13.5. The van der Waals surface area contributed by atoms with E-state index in [4.69, 9.17) is 4.74 Å². The number of carbonyl (C=O) groups is 1. The molecule has 1 amide bonds. The number of carbonyl (C=O) groups excluding carboxylic acids is 1. The van der Waals surface area contributed by atoms with Crippen molar-refractivity contribution >= 4 is 5.91 Å². The number of hydrogen-bond acceptors (Lipinski definition) is 3. The summed E-state index contributed by atoms with van der Waals surface area (Å²) in [5, 5.41) is 2.85. The maximum Gasteiger partial charge on any atom is 0.260 e. The highest BCUT2D eigenvalue weighted by molar-refractivity contribution is 5.80. The minimum Gasteiger partial charge on any atom is -0.481 e. The number of hydrogen-bond donors (Lipinski definition) is 1. The van der Waals surface area contributed by atoms with Crippen molar-refractivity contribution in [2.24, 2.45) is 0 Å². The van der Waals surface area contributed by atoms with E-state index in [0.717, 1.165) is 17.9 Å². The highest BCUT2D eigenvalue weighted by Crippen LogP contribution is 2.17. The molecule has 0 aromatic heterocycles. The number of likely N-dealkylation sites (N-methyl/N-ethyl adjacent to an activating group) is 1. The number of ether oxygens (including phenoxy) is 1. The third kappa shape index (κ3) is 4.75. The van der Waals surface area contributed by atoms with Crippen LogP contribution >= 0.6 is 0 Å². The van der Waals surface area contributed by atoms with Gasteiger partial charge in [0.15, 0.2) is 6.10 Å². The highest BCUT2D eigenvalue weighted by Gasteiger charge is 2.14. The summed E-state index contributed by atoms with van der Waals surface area (Å²) in [6.45, 7) is 5.18. The van der Waals surface area contributed by atoms with Crippen molar-refractivity contribution < 1.29 is 9.53 Å². The van der Waals surface area contributed by atoms with Crippen LogP contribution in [0.25, 0.3) is 0 Å². The number of para-hydroxylation sites is 1. The van der Waals surface area contributed by atoms with Crippen molar-refractivity contribution in [3.8, 4) is 5.75 Å². The number of aryl methyl sites for hydroxylation is 1. The average molecular weight is 250 g/mol. The zero-order valence-electron chi connectivity index (χ0n) is 11.6. The van der Waals surface area contributed by atoms with Gasteiger partial charge in [0.1, 0.15) is 5.75 Å². The molecule has 0 spiro atoms. The van der Waals surface area contributed by atoms with E-state index in [1.54, 1.807) is 6.92 Å². The van der Waals surface area contributed by atoms with Gasteiger partial charge in [0.05, 0.1) is 0 Å². The van der Waals surface area contributed by atoms with Crippen LogP contribution in [0.4, 0.5) is 0 Å². The summed E-state index contributed by atoms with van der Waals surface area (Å²) < 4.78 is 5.64. The van der Waals surface area contributed by atoms with E-state index in [1.807, 2.05) is 50.2 Å². The van der Waals surface area contributed by atoms with E-state index < -0.39 is 6.10 Å². The Bertz CT molecular complexity index is 391. The molecule has 1 aromatic carbocycles. The van der Waals surface area contributed by atoms with Gasteiger partial charge < -0.3 is 15.0 Å². The molecular formula is C14H22N2O2. The van der Waals surface area contributed by atoms with Crippen LogP contribution in [0.2, 0.25) is 0 Å². The molecule has 1 N–H and O–H groups in total. The predicted molar refractivity (Wildman–Crippen MR) is 72.8 cm³/mol. The molecule has 100 valence electrons. The number of nitrogens with zero attached hydrogens (tertiary/aromatic N) is 1. The highest BCUT2D eigenvalue weighted by atomic mass is 16.5. The summed E-state index contributed by atoms with van der Waals surface area (Å²) in [6.07, 6.45) is -0.478. The normalized spacial score (nSPS) is 12.3. The van der Waals surface area contributed by atoms with E-state index in [9.17, 15) is 4.79 Å². The Morgan fingerprint density at radius 3 is 2.67 bits per heavy atom. The lowest BCUT2D eigenvalue weighted by atomic mass is 10.2.